The molecule has 4 nitrogen and oxygen atoms in total. The maximum atomic E-state index is 5.48. The number of aryl methyl sites for hydroxylation is 1. The number of nitrogens with zero attached hydrogens (tertiary/aromatic N) is 1. The van der Waals surface area contributed by atoms with Gasteiger partial charge in [0.2, 0.25) is 0 Å². The zero-order valence-electron chi connectivity index (χ0n) is 7.13. The third kappa shape index (κ3) is 2.42. The molecule has 0 saturated heterocycles. The Bertz CT molecular complexity index is 246. The summed E-state index contributed by atoms with van der Waals surface area (Å²) >= 11 is 1.77. The fraction of sp³-hybridized carbons (Fsp3) is 0.571. The zero-order valence-corrected chi connectivity index (χ0v) is 7.95. The Kier molecular flexibility index (Phi) is 3.43. The van der Waals surface area contributed by atoms with Crippen molar-refractivity contribution in [2.75, 3.05) is 18.0 Å². The van der Waals surface area contributed by atoms with Gasteiger partial charge in [-0.15, -0.1) is 0 Å². The summed E-state index contributed by atoms with van der Waals surface area (Å²) in [6.07, 6.45) is 0. The number of rotatable bonds is 4. The molecule has 5 N–H and O–H groups in total. The summed E-state index contributed by atoms with van der Waals surface area (Å²) < 4.78 is 0. The number of nitrogen functional groups attached to an aromatic ring is 1. The molecule has 0 aliphatic heterocycles. The first-order valence-electron chi connectivity index (χ1n) is 3.83. The molecule has 0 aliphatic rings. The number of aromatic nitrogens is 2. The van der Waals surface area contributed by atoms with Crippen LogP contribution in [0.3, 0.4) is 0 Å². The maximum absolute atomic E-state index is 5.48. The van der Waals surface area contributed by atoms with E-state index in [-0.39, 0.29) is 0 Å². The first-order valence-corrected chi connectivity index (χ1v) is 4.98. The van der Waals surface area contributed by atoms with Crippen LogP contribution in [0.4, 0.5) is 5.95 Å². The van der Waals surface area contributed by atoms with E-state index in [0.29, 0.717) is 12.5 Å². The van der Waals surface area contributed by atoms with Crippen molar-refractivity contribution >= 4 is 17.7 Å². The highest BCUT2D eigenvalue weighted by molar-refractivity contribution is 7.98. The average molecular weight is 186 g/mol. The molecule has 0 radical (unpaired) electrons. The predicted molar refractivity (Wildman–Crippen MR) is 53.0 cm³/mol. The van der Waals surface area contributed by atoms with Crippen LogP contribution in [0.1, 0.15) is 11.4 Å². The van der Waals surface area contributed by atoms with Crippen molar-refractivity contribution in [1.82, 2.24) is 9.97 Å². The van der Waals surface area contributed by atoms with Gasteiger partial charge in [0.25, 0.3) is 0 Å². The van der Waals surface area contributed by atoms with Crippen molar-refractivity contribution in [3.63, 3.8) is 0 Å². The molecule has 0 aliphatic carbocycles. The molecule has 0 atom stereocenters. The lowest BCUT2D eigenvalue weighted by atomic mass is 10.4. The second-order valence-electron chi connectivity index (χ2n) is 2.53. The van der Waals surface area contributed by atoms with Crippen LogP contribution in [0.5, 0.6) is 0 Å². The molecule has 1 rings (SSSR count). The summed E-state index contributed by atoms with van der Waals surface area (Å²) in [5.74, 6) is 2.35. The minimum Gasteiger partial charge on any atom is -0.369 e. The van der Waals surface area contributed by atoms with Crippen LogP contribution in [0.2, 0.25) is 0 Å². The molecular formula is C7H14N4S. The lowest BCUT2D eigenvalue weighted by Crippen LogP contribution is -2.01. The van der Waals surface area contributed by atoms with Gasteiger partial charge in [0.05, 0.1) is 5.69 Å². The van der Waals surface area contributed by atoms with Crippen LogP contribution in [0.15, 0.2) is 0 Å². The number of anilines is 1. The molecule has 5 heteroatoms. The number of hydrogen-bond acceptors (Lipinski definition) is 4. The highest BCUT2D eigenvalue weighted by Crippen LogP contribution is 2.13. The van der Waals surface area contributed by atoms with Crippen molar-refractivity contribution in [3.8, 4) is 0 Å². The Morgan fingerprint density at radius 1 is 1.58 bits per heavy atom. The standard InChI is InChI=1S/C7H14N4S/c1-5-6(4-12-3-2-8)11-7(9)10-5/h2-4,8H2,1H3,(H3,9,10,11). The molecule has 0 spiro atoms. The van der Waals surface area contributed by atoms with Gasteiger partial charge >= 0.3 is 0 Å². The van der Waals surface area contributed by atoms with Crippen LogP contribution in [0.25, 0.3) is 0 Å². The minimum atomic E-state index is 0.496. The first kappa shape index (κ1) is 9.41. The highest BCUT2D eigenvalue weighted by Gasteiger charge is 2.02. The van der Waals surface area contributed by atoms with Crippen molar-refractivity contribution in [2.45, 2.75) is 12.7 Å². The molecule has 12 heavy (non-hydrogen) atoms. The minimum absolute atomic E-state index is 0.496. The quantitative estimate of drug-likeness (QED) is 0.598. The normalized spacial score (nSPS) is 10.5. The van der Waals surface area contributed by atoms with Crippen LogP contribution in [-0.4, -0.2) is 22.3 Å². The van der Waals surface area contributed by atoms with Crippen LogP contribution >= 0.6 is 11.8 Å². The summed E-state index contributed by atoms with van der Waals surface area (Å²) in [5.41, 5.74) is 12.9. The summed E-state index contributed by atoms with van der Waals surface area (Å²) in [5, 5.41) is 0. The molecule has 0 aromatic carbocycles. The number of thioether (sulfide) groups is 1. The summed E-state index contributed by atoms with van der Waals surface area (Å²) in [6.45, 7) is 2.69. The summed E-state index contributed by atoms with van der Waals surface area (Å²) in [4.78, 5) is 7.10. The second-order valence-corrected chi connectivity index (χ2v) is 3.64. The lowest BCUT2D eigenvalue weighted by Gasteiger charge is -1.96. The number of hydrogen-bond donors (Lipinski definition) is 3. The van der Waals surface area contributed by atoms with Gasteiger partial charge in [-0.05, 0) is 6.92 Å². The van der Waals surface area contributed by atoms with E-state index >= 15 is 0 Å². The molecule has 1 heterocycles. The Morgan fingerprint density at radius 3 is 2.83 bits per heavy atom. The van der Waals surface area contributed by atoms with E-state index < -0.39 is 0 Å². The van der Waals surface area contributed by atoms with Gasteiger partial charge in [0.15, 0.2) is 5.95 Å². The predicted octanol–water partition coefficient (Wildman–Crippen LogP) is 0.492. The largest absolute Gasteiger partial charge is 0.369 e. The SMILES string of the molecule is Cc1[nH]c(N)nc1CSCCN. The van der Waals surface area contributed by atoms with Crippen LogP contribution in [-0.2, 0) is 5.75 Å². The number of aromatic amines is 1. The molecule has 0 bridgehead atoms. The lowest BCUT2D eigenvalue weighted by molar-refractivity contribution is 1.14. The van der Waals surface area contributed by atoms with E-state index in [2.05, 4.69) is 9.97 Å². The van der Waals surface area contributed by atoms with Gasteiger partial charge in [-0.2, -0.15) is 11.8 Å². The van der Waals surface area contributed by atoms with E-state index in [0.717, 1.165) is 22.9 Å². The molecule has 0 saturated carbocycles. The molecule has 0 fully saturated rings. The van der Waals surface area contributed by atoms with Crippen molar-refractivity contribution in [3.05, 3.63) is 11.4 Å². The first-order chi connectivity index (χ1) is 5.74. The average Bonchev–Trinajstić information content (AvgIpc) is 2.31. The van der Waals surface area contributed by atoms with Crippen molar-refractivity contribution in [2.24, 2.45) is 5.73 Å². The highest BCUT2D eigenvalue weighted by atomic mass is 32.2. The molecule has 1 aromatic heterocycles. The third-order valence-electron chi connectivity index (χ3n) is 1.50. The molecular weight excluding hydrogens is 172 g/mol. The van der Waals surface area contributed by atoms with Crippen molar-refractivity contribution < 1.29 is 0 Å². The van der Waals surface area contributed by atoms with E-state index in [1.54, 1.807) is 11.8 Å². The third-order valence-corrected chi connectivity index (χ3v) is 2.51. The zero-order chi connectivity index (χ0) is 8.97. The fourth-order valence-corrected chi connectivity index (χ4v) is 1.70. The summed E-state index contributed by atoms with van der Waals surface area (Å²) in [7, 11) is 0. The second kappa shape index (κ2) is 4.37. The maximum Gasteiger partial charge on any atom is 0.197 e. The van der Waals surface area contributed by atoms with Gasteiger partial charge in [-0.1, -0.05) is 0 Å². The van der Waals surface area contributed by atoms with E-state index in [4.69, 9.17) is 11.5 Å². The van der Waals surface area contributed by atoms with E-state index in [9.17, 15) is 0 Å². The monoisotopic (exact) mass is 186 g/mol. The van der Waals surface area contributed by atoms with E-state index in [1.807, 2.05) is 6.92 Å². The molecule has 0 unspecified atom stereocenters. The van der Waals surface area contributed by atoms with Gasteiger partial charge < -0.3 is 16.5 Å². The number of nitrogens with one attached hydrogen (secondary N) is 1. The van der Waals surface area contributed by atoms with Gasteiger partial charge in [0, 0.05) is 23.7 Å². The number of H-pyrrole nitrogens is 1. The van der Waals surface area contributed by atoms with Gasteiger partial charge in [-0.3, -0.25) is 0 Å². The number of nitrogens with two attached hydrogens (primary N) is 2. The Hall–Kier alpha value is -0.680. The Morgan fingerprint density at radius 2 is 2.33 bits per heavy atom. The van der Waals surface area contributed by atoms with Gasteiger partial charge in [-0.25, -0.2) is 4.98 Å². The Balaban J connectivity index is 2.45. The fourth-order valence-electron chi connectivity index (χ4n) is 0.914. The smallest absolute Gasteiger partial charge is 0.197 e. The topological polar surface area (TPSA) is 80.7 Å². The molecule has 68 valence electrons. The van der Waals surface area contributed by atoms with Gasteiger partial charge in [0.1, 0.15) is 0 Å². The number of imidazole rings is 1. The van der Waals surface area contributed by atoms with Crippen molar-refractivity contribution in [1.29, 1.82) is 0 Å². The molecule has 0 amide bonds. The molecule has 1 aromatic rings. The Labute approximate surface area is 76.1 Å². The van der Waals surface area contributed by atoms with Crippen LogP contribution < -0.4 is 11.5 Å². The summed E-state index contributed by atoms with van der Waals surface area (Å²) in [6, 6.07) is 0. The van der Waals surface area contributed by atoms with E-state index in [1.165, 1.54) is 0 Å². The van der Waals surface area contributed by atoms with Crippen LogP contribution in [0, 0.1) is 6.92 Å².